The Bertz CT molecular complexity index is 404. The summed E-state index contributed by atoms with van der Waals surface area (Å²) >= 11 is 0. The molecular formula is C12H17NO3. The molecule has 16 heavy (non-hydrogen) atoms. The van der Waals surface area contributed by atoms with Crippen LogP contribution >= 0.6 is 0 Å². The summed E-state index contributed by atoms with van der Waals surface area (Å²) in [5.41, 5.74) is 2.10. The average Bonchev–Trinajstić information content (AvgIpc) is 2.28. The third-order valence-corrected chi connectivity index (χ3v) is 3.03. The second kappa shape index (κ2) is 4.22. The van der Waals surface area contributed by atoms with E-state index in [9.17, 15) is 5.11 Å². The van der Waals surface area contributed by atoms with Gasteiger partial charge in [-0.2, -0.15) is 0 Å². The lowest BCUT2D eigenvalue weighted by molar-refractivity contribution is 0.296. The predicted octanol–water partition coefficient (Wildman–Crippen LogP) is 1.40. The van der Waals surface area contributed by atoms with Gasteiger partial charge in [0.15, 0.2) is 11.5 Å². The highest BCUT2D eigenvalue weighted by molar-refractivity contribution is 5.58. The molecular weight excluding hydrogens is 206 g/mol. The van der Waals surface area contributed by atoms with Crippen molar-refractivity contribution in [1.29, 1.82) is 0 Å². The first-order chi connectivity index (χ1) is 7.67. The van der Waals surface area contributed by atoms with Gasteiger partial charge in [-0.3, -0.25) is 0 Å². The zero-order chi connectivity index (χ0) is 11.7. The van der Waals surface area contributed by atoms with Crippen LogP contribution in [0.5, 0.6) is 17.2 Å². The van der Waals surface area contributed by atoms with Crippen molar-refractivity contribution >= 4 is 0 Å². The molecule has 1 aromatic carbocycles. The van der Waals surface area contributed by atoms with E-state index in [0.717, 1.165) is 30.6 Å². The van der Waals surface area contributed by atoms with Crippen molar-refractivity contribution in [3.63, 3.8) is 0 Å². The van der Waals surface area contributed by atoms with Gasteiger partial charge in [0, 0.05) is 18.7 Å². The number of aromatic hydroxyl groups is 1. The number of nitrogens with zero attached hydrogens (tertiary/aromatic N) is 1. The molecule has 4 nitrogen and oxygen atoms in total. The van der Waals surface area contributed by atoms with Crippen molar-refractivity contribution in [3.05, 3.63) is 17.2 Å². The number of phenols is 1. The van der Waals surface area contributed by atoms with Crippen molar-refractivity contribution < 1.29 is 14.6 Å². The molecule has 0 aliphatic carbocycles. The lowest BCUT2D eigenvalue weighted by Crippen LogP contribution is -2.26. The molecule has 4 heteroatoms. The van der Waals surface area contributed by atoms with Crippen LogP contribution in [0, 0.1) is 0 Å². The van der Waals surface area contributed by atoms with E-state index in [1.54, 1.807) is 14.2 Å². The maximum absolute atomic E-state index is 10.1. The second-order valence-electron chi connectivity index (χ2n) is 4.09. The molecule has 1 aliphatic heterocycles. The summed E-state index contributed by atoms with van der Waals surface area (Å²) in [6.45, 7) is 1.79. The fraction of sp³-hybridized carbons (Fsp3) is 0.500. The third kappa shape index (κ3) is 1.69. The Balaban J connectivity index is 2.53. The number of hydrogen-bond donors (Lipinski definition) is 1. The number of ether oxygens (including phenoxy) is 2. The van der Waals surface area contributed by atoms with Crippen molar-refractivity contribution in [1.82, 2.24) is 4.90 Å². The van der Waals surface area contributed by atoms with Crippen molar-refractivity contribution in [3.8, 4) is 17.2 Å². The van der Waals surface area contributed by atoms with E-state index < -0.39 is 0 Å². The highest BCUT2D eigenvalue weighted by atomic mass is 16.5. The molecule has 0 unspecified atom stereocenters. The Hall–Kier alpha value is -1.42. The molecule has 0 radical (unpaired) electrons. The van der Waals surface area contributed by atoms with Gasteiger partial charge in [0.25, 0.3) is 0 Å². The summed E-state index contributed by atoms with van der Waals surface area (Å²) in [4.78, 5) is 2.22. The summed E-state index contributed by atoms with van der Waals surface area (Å²) in [6.07, 6.45) is 0.845. The molecule has 0 bridgehead atoms. The molecule has 0 atom stereocenters. The SMILES string of the molecule is COc1cc2c(c(O)c1OC)CCN(C)C2. The second-order valence-corrected chi connectivity index (χ2v) is 4.09. The molecule has 0 fully saturated rings. The van der Waals surface area contributed by atoms with Crippen LogP contribution in [-0.2, 0) is 13.0 Å². The Morgan fingerprint density at radius 3 is 2.69 bits per heavy atom. The van der Waals surface area contributed by atoms with Crippen LogP contribution < -0.4 is 9.47 Å². The lowest BCUT2D eigenvalue weighted by atomic mass is 9.98. The summed E-state index contributed by atoms with van der Waals surface area (Å²) in [5, 5.41) is 10.1. The highest BCUT2D eigenvalue weighted by Gasteiger charge is 2.22. The van der Waals surface area contributed by atoms with Gasteiger partial charge in [-0.25, -0.2) is 0 Å². The Kier molecular flexibility index (Phi) is 2.92. The van der Waals surface area contributed by atoms with Crippen LogP contribution in [0.3, 0.4) is 0 Å². The predicted molar refractivity (Wildman–Crippen MR) is 61.2 cm³/mol. The molecule has 0 saturated carbocycles. The molecule has 88 valence electrons. The number of benzene rings is 1. The number of rotatable bonds is 2. The molecule has 1 aromatic rings. The van der Waals surface area contributed by atoms with E-state index in [2.05, 4.69) is 11.9 Å². The fourth-order valence-electron chi connectivity index (χ4n) is 2.16. The molecule has 2 rings (SSSR count). The molecule has 0 aromatic heterocycles. The topological polar surface area (TPSA) is 41.9 Å². The smallest absolute Gasteiger partial charge is 0.203 e. The van der Waals surface area contributed by atoms with Gasteiger partial charge < -0.3 is 19.5 Å². The molecule has 1 aliphatic rings. The van der Waals surface area contributed by atoms with E-state index in [1.165, 1.54) is 0 Å². The third-order valence-electron chi connectivity index (χ3n) is 3.03. The summed E-state index contributed by atoms with van der Waals surface area (Å²) in [7, 11) is 5.19. The summed E-state index contributed by atoms with van der Waals surface area (Å²) in [5.74, 6) is 1.25. The Morgan fingerprint density at radius 1 is 1.31 bits per heavy atom. The van der Waals surface area contributed by atoms with E-state index in [-0.39, 0.29) is 5.75 Å². The van der Waals surface area contributed by atoms with E-state index in [0.29, 0.717) is 11.5 Å². The summed E-state index contributed by atoms with van der Waals surface area (Å²) < 4.78 is 10.4. The minimum Gasteiger partial charge on any atom is -0.504 e. The van der Waals surface area contributed by atoms with Crippen LogP contribution in [0.25, 0.3) is 0 Å². The van der Waals surface area contributed by atoms with Crippen LogP contribution in [0.15, 0.2) is 6.07 Å². The largest absolute Gasteiger partial charge is 0.504 e. The molecule has 0 spiro atoms. The van der Waals surface area contributed by atoms with E-state index in [1.807, 2.05) is 6.07 Å². The number of phenolic OH excluding ortho intramolecular Hbond substituents is 1. The number of methoxy groups -OCH3 is 2. The Labute approximate surface area is 95.4 Å². The first-order valence-corrected chi connectivity index (χ1v) is 5.31. The summed E-state index contributed by atoms with van der Waals surface area (Å²) in [6, 6.07) is 1.95. The zero-order valence-corrected chi connectivity index (χ0v) is 9.91. The van der Waals surface area contributed by atoms with E-state index in [4.69, 9.17) is 9.47 Å². The standard InChI is InChI=1S/C12H17NO3/c1-13-5-4-9-8(7-13)6-10(15-2)12(16-3)11(9)14/h6,14H,4-5,7H2,1-3H3. The monoisotopic (exact) mass is 223 g/mol. The molecule has 1 N–H and O–H groups in total. The number of likely N-dealkylation sites (N-methyl/N-ethyl adjacent to an activating group) is 1. The lowest BCUT2D eigenvalue weighted by Gasteiger charge is -2.27. The van der Waals surface area contributed by atoms with Crippen molar-refractivity contribution in [2.75, 3.05) is 27.8 Å². The molecule has 0 amide bonds. The first-order valence-electron chi connectivity index (χ1n) is 5.31. The van der Waals surface area contributed by atoms with Gasteiger partial charge in [-0.15, -0.1) is 0 Å². The van der Waals surface area contributed by atoms with Gasteiger partial charge in [-0.1, -0.05) is 0 Å². The molecule has 1 heterocycles. The maximum Gasteiger partial charge on any atom is 0.203 e. The van der Waals surface area contributed by atoms with Gasteiger partial charge in [0.05, 0.1) is 14.2 Å². The van der Waals surface area contributed by atoms with Crippen LogP contribution in [-0.4, -0.2) is 37.8 Å². The first kappa shape index (κ1) is 11.1. The number of hydrogen-bond acceptors (Lipinski definition) is 4. The average molecular weight is 223 g/mol. The normalized spacial score (nSPS) is 15.7. The van der Waals surface area contributed by atoms with Gasteiger partial charge in [0.2, 0.25) is 5.75 Å². The van der Waals surface area contributed by atoms with Crippen LogP contribution in [0.1, 0.15) is 11.1 Å². The van der Waals surface area contributed by atoms with Crippen LogP contribution in [0.4, 0.5) is 0 Å². The maximum atomic E-state index is 10.1. The van der Waals surface area contributed by atoms with Gasteiger partial charge >= 0.3 is 0 Å². The van der Waals surface area contributed by atoms with Crippen LogP contribution in [0.2, 0.25) is 0 Å². The fourth-order valence-corrected chi connectivity index (χ4v) is 2.16. The van der Waals surface area contributed by atoms with Crippen molar-refractivity contribution in [2.45, 2.75) is 13.0 Å². The minimum absolute atomic E-state index is 0.227. The highest BCUT2D eigenvalue weighted by Crippen LogP contribution is 2.42. The number of fused-ring (bicyclic) bond motifs is 1. The quantitative estimate of drug-likeness (QED) is 0.823. The van der Waals surface area contributed by atoms with E-state index >= 15 is 0 Å². The van der Waals surface area contributed by atoms with Gasteiger partial charge in [-0.05, 0) is 25.1 Å². The minimum atomic E-state index is 0.227. The van der Waals surface area contributed by atoms with Crippen molar-refractivity contribution in [2.24, 2.45) is 0 Å². The van der Waals surface area contributed by atoms with Gasteiger partial charge in [0.1, 0.15) is 0 Å². The molecule has 0 saturated heterocycles. The Morgan fingerprint density at radius 2 is 2.06 bits per heavy atom. The zero-order valence-electron chi connectivity index (χ0n) is 9.91.